The maximum absolute atomic E-state index is 4.80. The first-order chi connectivity index (χ1) is 18.5. The first-order valence-corrected chi connectivity index (χ1v) is 12.8. The largest absolute Gasteiger partial charge is 0.342 e. The van der Waals surface area contributed by atoms with Crippen LogP contribution in [-0.2, 0) is 0 Å². The van der Waals surface area contributed by atoms with Crippen molar-refractivity contribution >= 4 is 29.7 Å². The van der Waals surface area contributed by atoms with Crippen molar-refractivity contribution in [1.82, 2.24) is 50.2 Å². The molecule has 3 heterocycles. The van der Waals surface area contributed by atoms with Gasteiger partial charge in [0.15, 0.2) is 0 Å². The second-order valence-corrected chi connectivity index (χ2v) is 9.59. The standard InChI is InChI=1S/C24H41N15/c1-16-26-17(2)29-20(28-16)35(6)11-13-37(8)22-32-23(34-24(33-22)39(10)15-25-5)38(9)14-12-36(7)21-30-18(3)27-19(4)31-21/h25H,11-15H2,1-10H3. The number of rotatable bonds is 13. The fourth-order valence-corrected chi connectivity index (χ4v) is 3.70. The fourth-order valence-electron chi connectivity index (χ4n) is 3.70. The van der Waals surface area contributed by atoms with Crippen LogP contribution in [0, 0.1) is 27.7 Å². The average Bonchev–Trinajstić information content (AvgIpc) is 2.88. The molecule has 0 aliphatic heterocycles. The Morgan fingerprint density at radius 3 is 0.949 bits per heavy atom. The Hall–Kier alpha value is -4.01. The van der Waals surface area contributed by atoms with Gasteiger partial charge in [-0.1, -0.05) is 0 Å². The van der Waals surface area contributed by atoms with E-state index in [9.17, 15) is 0 Å². The fraction of sp³-hybridized carbons (Fsp3) is 0.625. The van der Waals surface area contributed by atoms with E-state index in [0.717, 1.165) is 0 Å². The predicted octanol–water partition coefficient (Wildman–Crippen LogP) is 0.234. The van der Waals surface area contributed by atoms with E-state index in [4.69, 9.17) is 15.0 Å². The molecule has 3 rings (SSSR count). The number of nitrogens with zero attached hydrogens (tertiary/aromatic N) is 14. The molecular formula is C24H41N15. The molecular weight excluding hydrogens is 498 g/mol. The van der Waals surface area contributed by atoms with Crippen LogP contribution < -0.4 is 29.8 Å². The Balaban J connectivity index is 1.75. The number of likely N-dealkylation sites (N-methyl/N-ethyl adjacent to an activating group) is 4. The average molecular weight is 540 g/mol. The van der Waals surface area contributed by atoms with E-state index in [1.54, 1.807) is 0 Å². The Morgan fingerprint density at radius 1 is 0.410 bits per heavy atom. The molecule has 212 valence electrons. The lowest BCUT2D eigenvalue weighted by atomic mass is 10.5. The highest BCUT2D eigenvalue weighted by molar-refractivity contribution is 5.46. The maximum Gasteiger partial charge on any atom is 0.232 e. The topological polar surface area (TPSA) is 144 Å². The molecule has 0 bridgehead atoms. The molecule has 3 aromatic rings. The van der Waals surface area contributed by atoms with E-state index in [1.165, 1.54) is 0 Å². The number of hydrogen-bond donors (Lipinski definition) is 1. The molecule has 0 aliphatic rings. The molecule has 0 spiro atoms. The Kier molecular flexibility index (Phi) is 9.98. The van der Waals surface area contributed by atoms with Crippen molar-refractivity contribution < 1.29 is 0 Å². The van der Waals surface area contributed by atoms with Gasteiger partial charge in [0.25, 0.3) is 0 Å². The van der Waals surface area contributed by atoms with Crippen LogP contribution in [0.5, 0.6) is 0 Å². The van der Waals surface area contributed by atoms with Crippen molar-refractivity contribution in [2.24, 2.45) is 0 Å². The number of aromatic nitrogens is 9. The van der Waals surface area contributed by atoms with Crippen molar-refractivity contribution in [2.45, 2.75) is 27.7 Å². The van der Waals surface area contributed by atoms with E-state index in [0.29, 0.717) is 85.9 Å². The summed E-state index contributed by atoms with van der Waals surface area (Å²) in [6.07, 6.45) is 0. The molecule has 3 aromatic heterocycles. The molecule has 0 amide bonds. The van der Waals surface area contributed by atoms with Crippen LogP contribution in [0.3, 0.4) is 0 Å². The summed E-state index contributed by atoms with van der Waals surface area (Å²) in [4.78, 5) is 50.6. The molecule has 15 heteroatoms. The summed E-state index contributed by atoms with van der Waals surface area (Å²) >= 11 is 0. The third-order valence-electron chi connectivity index (χ3n) is 5.94. The highest BCUT2D eigenvalue weighted by Gasteiger charge is 2.17. The molecule has 1 N–H and O–H groups in total. The number of nitrogens with one attached hydrogen (secondary N) is 1. The van der Waals surface area contributed by atoms with E-state index in [-0.39, 0.29) is 0 Å². The van der Waals surface area contributed by atoms with E-state index in [1.807, 2.05) is 94.5 Å². The Bertz CT molecular complexity index is 1110. The Morgan fingerprint density at radius 2 is 0.667 bits per heavy atom. The van der Waals surface area contributed by atoms with Gasteiger partial charge < -0.3 is 29.8 Å². The molecule has 15 nitrogen and oxygen atoms in total. The first-order valence-electron chi connectivity index (χ1n) is 12.8. The molecule has 0 aliphatic carbocycles. The van der Waals surface area contributed by atoms with Gasteiger partial charge in [-0.05, 0) is 34.7 Å². The number of aryl methyl sites for hydroxylation is 4. The second kappa shape index (κ2) is 13.2. The predicted molar refractivity (Wildman–Crippen MR) is 154 cm³/mol. The van der Waals surface area contributed by atoms with Gasteiger partial charge in [0.2, 0.25) is 29.7 Å². The van der Waals surface area contributed by atoms with Crippen molar-refractivity contribution in [2.75, 3.05) is 99.6 Å². The van der Waals surface area contributed by atoms with Crippen molar-refractivity contribution in [3.05, 3.63) is 23.3 Å². The van der Waals surface area contributed by atoms with Crippen molar-refractivity contribution in [3.8, 4) is 0 Å². The van der Waals surface area contributed by atoms with Crippen LogP contribution in [0.1, 0.15) is 23.3 Å². The maximum atomic E-state index is 4.80. The summed E-state index contributed by atoms with van der Waals surface area (Å²) in [5.41, 5.74) is 0. The molecule has 0 unspecified atom stereocenters. The van der Waals surface area contributed by atoms with Gasteiger partial charge in [-0.3, -0.25) is 0 Å². The summed E-state index contributed by atoms with van der Waals surface area (Å²) in [6.45, 7) is 10.7. The van der Waals surface area contributed by atoms with E-state index < -0.39 is 0 Å². The lowest BCUT2D eigenvalue weighted by Crippen LogP contribution is -2.36. The highest BCUT2D eigenvalue weighted by Crippen LogP contribution is 2.18. The van der Waals surface area contributed by atoms with Gasteiger partial charge in [-0.2, -0.15) is 34.9 Å². The third-order valence-corrected chi connectivity index (χ3v) is 5.94. The monoisotopic (exact) mass is 539 g/mol. The van der Waals surface area contributed by atoms with Gasteiger partial charge in [-0.15, -0.1) is 0 Å². The molecule has 0 saturated heterocycles. The summed E-state index contributed by atoms with van der Waals surface area (Å²) in [5, 5.41) is 3.14. The van der Waals surface area contributed by atoms with E-state index in [2.05, 4.69) is 35.2 Å². The number of anilines is 5. The molecule has 0 atom stereocenters. The van der Waals surface area contributed by atoms with Crippen LogP contribution in [-0.4, -0.2) is 120 Å². The third kappa shape index (κ3) is 8.24. The normalized spacial score (nSPS) is 10.9. The quantitative estimate of drug-likeness (QED) is 0.296. The summed E-state index contributed by atoms with van der Waals surface area (Å²) in [5.74, 6) is 5.84. The summed E-state index contributed by atoms with van der Waals surface area (Å²) < 4.78 is 0. The molecule has 0 saturated carbocycles. The zero-order chi connectivity index (χ0) is 28.7. The van der Waals surface area contributed by atoms with Crippen molar-refractivity contribution in [1.29, 1.82) is 0 Å². The summed E-state index contributed by atoms with van der Waals surface area (Å²) in [7, 11) is 11.7. The van der Waals surface area contributed by atoms with Crippen LogP contribution in [0.15, 0.2) is 0 Å². The minimum atomic E-state index is 0.581. The van der Waals surface area contributed by atoms with Gasteiger partial charge >= 0.3 is 0 Å². The van der Waals surface area contributed by atoms with E-state index >= 15 is 0 Å². The van der Waals surface area contributed by atoms with Gasteiger partial charge in [-0.25, -0.2) is 9.97 Å². The molecule has 0 fully saturated rings. The zero-order valence-corrected chi connectivity index (χ0v) is 24.8. The number of hydrogen-bond acceptors (Lipinski definition) is 15. The lowest BCUT2D eigenvalue weighted by molar-refractivity contribution is 0.727. The van der Waals surface area contributed by atoms with Crippen molar-refractivity contribution in [3.63, 3.8) is 0 Å². The highest BCUT2D eigenvalue weighted by atomic mass is 15.4. The second-order valence-electron chi connectivity index (χ2n) is 9.59. The molecule has 39 heavy (non-hydrogen) atoms. The van der Waals surface area contributed by atoms with Crippen LogP contribution in [0.25, 0.3) is 0 Å². The smallest absolute Gasteiger partial charge is 0.232 e. The minimum absolute atomic E-state index is 0.581. The molecule has 0 radical (unpaired) electrons. The lowest BCUT2D eigenvalue weighted by Gasteiger charge is -2.26. The first kappa shape index (κ1) is 29.5. The summed E-state index contributed by atoms with van der Waals surface area (Å²) in [6, 6.07) is 0. The van der Waals surface area contributed by atoms with Crippen LogP contribution in [0.4, 0.5) is 29.7 Å². The van der Waals surface area contributed by atoms with Crippen LogP contribution in [0.2, 0.25) is 0 Å². The Labute approximate surface area is 230 Å². The van der Waals surface area contributed by atoms with Crippen LogP contribution >= 0.6 is 0 Å². The van der Waals surface area contributed by atoms with Gasteiger partial charge in [0, 0.05) is 61.4 Å². The minimum Gasteiger partial charge on any atom is -0.342 e. The zero-order valence-electron chi connectivity index (χ0n) is 24.8. The molecule has 0 aromatic carbocycles. The van der Waals surface area contributed by atoms with Gasteiger partial charge in [0.1, 0.15) is 23.3 Å². The van der Waals surface area contributed by atoms with Gasteiger partial charge in [0.05, 0.1) is 6.67 Å². The SMILES string of the molecule is CNCN(C)c1nc(N(C)CCN(C)c2nc(C)nc(C)n2)nc(N(C)CCN(C)c2nc(C)nc(C)n2)n1.